The van der Waals surface area contributed by atoms with Crippen LogP contribution in [0.25, 0.3) is 0 Å². The number of benzene rings is 2. The number of hydrogen-bond acceptors (Lipinski definition) is 3. The van der Waals surface area contributed by atoms with E-state index in [9.17, 15) is 4.79 Å². The predicted octanol–water partition coefficient (Wildman–Crippen LogP) is 2.80. The summed E-state index contributed by atoms with van der Waals surface area (Å²) in [5.41, 5.74) is 8.28. The van der Waals surface area contributed by atoms with Gasteiger partial charge in [-0.2, -0.15) is 0 Å². The van der Waals surface area contributed by atoms with Crippen molar-refractivity contribution in [3.8, 4) is 0 Å². The van der Waals surface area contributed by atoms with Crippen LogP contribution in [0.5, 0.6) is 0 Å². The van der Waals surface area contributed by atoms with Gasteiger partial charge in [-0.15, -0.1) is 0 Å². The molecule has 2 aromatic rings. The maximum atomic E-state index is 11.1. The molecule has 0 atom stereocenters. The molecule has 132 valence electrons. The van der Waals surface area contributed by atoms with E-state index in [0.29, 0.717) is 5.56 Å². The van der Waals surface area contributed by atoms with E-state index in [-0.39, 0.29) is 5.91 Å². The number of nitrogens with zero attached hydrogens (tertiary/aromatic N) is 2. The van der Waals surface area contributed by atoms with Crippen LogP contribution in [0.3, 0.4) is 0 Å². The Morgan fingerprint density at radius 1 is 0.960 bits per heavy atom. The summed E-state index contributed by atoms with van der Waals surface area (Å²) in [5, 5.41) is 0.851. The molecule has 2 N–H and O–H groups in total. The molecule has 1 fully saturated rings. The molecular weight excluding hydrogens is 334 g/mol. The van der Waals surface area contributed by atoms with E-state index < -0.39 is 0 Å². The van der Waals surface area contributed by atoms with Crippen LogP contribution in [0.4, 0.5) is 0 Å². The summed E-state index contributed by atoms with van der Waals surface area (Å²) in [6, 6.07) is 15.7. The lowest BCUT2D eigenvalue weighted by atomic mass is 10.1. The molecule has 0 radical (unpaired) electrons. The van der Waals surface area contributed by atoms with E-state index >= 15 is 0 Å². The van der Waals surface area contributed by atoms with Gasteiger partial charge in [0, 0.05) is 49.9 Å². The second-order valence-electron chi connectivity index (χ2n) is 6.52. The van der Waals surface area contributed by atoms with Gasteiger partial charge in [-0.3, -0.25) is 9.69 Å². The summed E-state index contributed by atoms with van der Waals surface area (Å²) in [6.45, 7) is 6.23. The van der Waals surface area contributed by atoms with Gasteiger partial charge in [0.25, 0.3) is 0 Å². The standard InChI is InChI=1S/C20H24ClN3O/c21-19-4-2-1-3-18(19)15-24-13-11-23(12-14-24)10-9-16-5-7-17(8-6-16)20(22)25/h1-8H,9-15H2,(H2,22,25). The Hall–Kier alpha value is -1.88. The Morgan fingerprint density at radius 3 is 2.24 bits per heavy atom. The van der Waals surface area contributed by atoms with Crippen molar-refractivity contribution in [2.75, 3.05) is 32.7 Å². The highest BCUT2D eigenvalue weighted by atomic mass is 35.5. The lowest BCUT2D eigenvalue weighted by Gasteiger charge is -2.34. The smallest absolute Gasteiger partial charge is 0.248 e. The van der Waals surface area contributed by atoms with Crippen molar-refractivity contribution in [2.45, 2.75) is 13.0 Å². The minimum absolute atomic E-state index is 0.374. The zero-order chi connectivity index (χ0) is 17.6. The number of nitrogens with two attached hydrogens (primary N) is 1. The number of primary amides is 1. The first-order valence-electron chi connectivity index (χ1n) is 8.68. The van der Waals surface area contributed by atoms with Crippen molar-refractivity contribution in [2.24, 2.45) is 5.73 Å². The van der Waals surface area contributed by atoms with Gasteiger partial charge in [0.2, 0.25) is 5.91 Å². The number of carbonyl (C=O) groups excluding carboxylic acids is 1. The topological polar surface area (TPSA) is 49.6 Å². The highest BCUT2D eigenvalue weighted by molar-refractivity contribution is 6.31. The van der Waals surface area contributed by atoms with Crippen LogP contribution in [0.2, 0.25) is 5.02 Å². The van der Waals surface area contributed by atoms with Gasteiger partial charge in [0.1, 0.15) is 0 Å². The summed E-state index contributed by atoms with van der Waals surface area (Å²) in [7, 11) is 0. The van der Waals surface area contributed by atoms with Gasteiger partial charge in [-0.1, -0.05) is 41.9 Å². The van der Waals surface area contributed by atoms with Gasteiger partial charge in [0.05, 0.1) is 0 Å². The molecule has 0 aromatic heterocycles. The zero-order valence-corrected chi connectivity index (χ0v) is 15.1. The average Bonchev–Trinajstić information content (AvgIpc) is 2.63. The summed E-state index contributed by atoms with van der Waals surface area (Å²) in [5.74, 6) is -0.374. The molecule has 4 nitrogen and oxygen atoms in total. The molecule has 0 bridgehead atoms. The zero-order valence-electron chi connectivity index (χ0n) is 14.3. The molecule has 1 saturated heterocycles. The number of amides is 1. The molecular formula is C20H24ClN3O. The molecule has 25 heavy (non-hydrogen) atoms. The number of rotatable bonds is 6. The average molecular weight is 358 g/mol. The molecule has 3 rings (SSSR count). The third-order valence-corrected chi connectivity index (χ3v) is 5.14. The molecule has 1 aliphatic heterocycles. The first-order chi connectivity index (χ1) is 12.1. The van der Waals surface area contributed by atoms with Crippen LogP contribution in [0.1, 0.15) is 21.5 Å². The van der Waals surface area contributed by atoms with Crippen molar-refractivity contribution < 1.29 is 4.79 Å². The highest BCUT2D eigenvalue weighted by Gasteiger charge is 2.17. The van der Waals surface area contributed by atoms with Gasteiger partial charge in [0.15, 0.2) is 0 Å². The van der Waals surface area contributed by atoms with E-state index in [1.54, 1.807) is 12.1 Å². The molecule has 0 spiro atoms. The van der Waals surface area contributed by atoms with Crippen molar-refractivity contribution in [1.82, 2.24) is 9.80 Å². The molecule has 1 aliphatic rings. The van der Waals surface area contributed by atoms with Crippen molar-refractivity contribution >= 4 is 17.5 Å². The van der Waals surface area contributed by atoms with E-state index in [1.165, 1.54) is 11.1 Å². The Kier molecular flexibility index (Phi) is 6.08. The van der Waals surface area contributed by atoms with Gasteiger partial charge in [-0.25, -0.2) is 0 Å². The number of hydrogen-bond donors (Lipinski definition) is 1. The maximum absolute atomic E-state index is 11.1. The maximum Gasteiger partial charge on any atom is 0.248 e. The lowest BCUT2D eigenvalue weighted by Crippen LogP contribution is -2.46. The summed E-state index contributed by atoms with van der Waals surface area (Å²) < 4.78 is 0. The monoisotopic (exact) mass is 357 g/mol. The minimum atomic E-state index is -0.374. The molecule has 5 heteroatoms. The van der Waals surface area contributed by atoms with Crippen molar-refractivity contribution in [1.29, 1.82) is 0 Å². The van der Waals surface area contributed by atoms with Gasteiger partial charge < -0.3 is 10.6 Å². The first-order valence-corrected chi connectivity index (χ1v) is 9.06. The molecule has 1 amide bonds. The largest absolute Gasteiger partial charge is 0.366 e. The summed E-state index contributed by atoms with van der Waals surface area (Å²) in [6.07, 6.45) is 0.990. The van der Waals surface area contributed by atoms with Gasteiger partial charge in [-0.05, 0) is 35.7 Å². The SMILES string of the molecule is NC(=O)c1ccc(CCN2CCN(Cc3ccccc3Cl)CC2)cc1. The van der Waals surface area contributed by atoms with E-state index in [2.05, 4.69) is 15.9 Å². The number of halogens is 1. The van der Waals surface area contributed by atoms with Crippen LogP contribution in [-0.2, 0) is 13.0 Å². The highest BCUT2D eigenvalue weighted by Crippen LogP contribution is 2.18. The van der Waals surface area contributed by atoms with E-state index in [0.717, 1.165) is 50.7 Å². The van der Waals surface area contributed by atoms with E-state index in [4.69, 9.17) is 17.3 Å². The quantitative estimate of drug-likeness (QED) is 0.864. The van der Waals surface area contributed by atoms with Crippen LogP contribution >= 0.6 is 11.6 Å². The fourth-order valence-electron chi connectivity index (χ4n) is 3.16. The third-order valence-electron chi connectivity index (χ3n) is 4.77. The number of piperazine rings is 1. The summed E-state index contributed by atoms with van der Waals surface area (Å²) in [4.78, 5) is 16.1. The second kappa shape index (κ2) is 8.48. The second-order valence-corrected chi connectivity index (χ2v) is 6.93. The lowest BCUT2D eigenvalue weighted by molar-refractivity contribution is 0.100. The normalized spacial score (nSPS) is 16.0. The Morgan fingerprint density at radius 2 is 1.60 bits per heavy atom. The Labute approximate surface area is 154 Å². The fraction of sp³-hybridized carbons (Fsp3) is 0.350. The third kappa shape index (κ3) is 5.05. The van der Waals surface area contributed by atoms with Crippen LogP contribution in [-0.4, -0.2) is 48.4 Å². The molecule has 1 heterocycles. The molecule has 0 aliphatic carbocycles. The first kappa shape index (κ1) is 17.9. The van der Waals surface area contributed by atoms with Crippen LogP contribution in [0.15, 0.2) is 48.5 Å². The fourth-order valence-corrected chi connectivity index (χ4v) is 3.36. The minimum Gasteiger partial charge on any atom is -0.366 e. The molecule has 2 aromatic carbocycles. The Bertz CT molecular complexity index is 709. The molecule has 0 saturated carbocycles. The number of carbonyl (C=O) groups is 1. The van der Waals surface area contributed by atoms with Crippen molar-refractivity contribution in [3.63, 3.8) is 0 Å². The molecule has 0 unspecified atom stereocenters. The van der Waals surface area contributed by atoms with E-state index in [1.807, 2.05) is 30.3 Å². The van der Waals surface area contributed by atoms with Crippen LogP contribution in [0, 0.1) is 0 Å². The Balaban J connectivity index is 1.43. The van der Waals surface area contributed by atoms with Crippen LogP contribution < -0.4 is 5.73 Å². The summed E-state index contributed by atoms with van der Waals surface area (Å²) >= 11 is 6.25. The van der Waals surface area contributed by atoms with Crippen molar-refractivity contribution in [3.05, 3.63) is 70.2 Å². The predicted molar refractivity (Wildman–Crippen MR) is 102 cm³/mol. The van der Waals surface area contributed by atoms with Gasteiger partial charge >= 0.3 is 0 Å².